The van der Waals surface area contributed by atoms with Crippen LogP contribution in [0.25, 0.3) is 0 Å². The Morgan fingerprint density at radius 2 is 2.05 bits per heavy atom. The summed E-state index contributed by atoms with van der Waals surface area (Å²) in [7, 11) is 1.69. The molecule has 1 N–H and O–H groups in total. The Morgan fingerprint density at radius 3 is 2.75 bits per heavy atom. The van der Waals surface area contributed by atoms with E-state index in [1.807, 2.05) is 4.68 Å². The molecule has 108 valence electrons. The summed E-state index contributed by atoms with van der Waals surface area (Å²) in [5.41, 5.74) is 2.44. The Kier molecular flexibility index (Phi) is 5.20. The fourth-order valence-electron chi connectivity index (χ4n) is 1.99. The summed E-state index contributed by atoms with van der Waals surface area (Å²) < 4.78 is 6.85. The molecule has 0 spiro atoms. The van der Waals surface area contributed by atoms with Gasteiger partial charge in [-0.25, -0.2) is 4.68 Å². The minimum absolute atomic E-state index is 0.116. The third kappa shape index (κ3) is 3.61. The molecule has 0 bridgehead atoms. The predicted molar refractivity (Wildman–Crippen MR) is 76.4 cm³/mol. The second-order valence-electron chi connectivity index (χ2n) is 4.80. The van der Waals surface area contributed by atoms with E-state index in [2.05, 4.69) is 59.0 Å². The molecule has 0 saturated heterocycles. The van der Waals surface area contributed by atoms with Crippen LogP contribution in [0.4, 0.5) is 0 Å². The van der Waals surface area contributed by atoms with Crippen LogP contribution in [0.5, 0.6) is 0 Å². The van der Waals surface area contributed by atoms with E-state index < -0.39 is 0 Å². The molecule has 0 amide bonds. The van der Waals surface area contributed by atoms with Crippen LogP contribution in [0.3, 0.4) is 0 Å². The minimum Gasteiger partial charge on any atom is -0.383 e. The van der Waals surface area contributed by atoms with Gasteiger partial charge < -0.3 is 10.1 Å². The van der Waals surface area contributed by atoms with E-state index in [4.69, 9.17) is 4.74 Å². The second kappa shape index (κ2) is 7.12. The first kappa shape index (κ1) is 14.6. The van der Waals surface area contributed by atoms with Crippen molar-refractivity contribution in [2.24, 2.45) is 0 Å². The Hall–Kier alpha value is -1.79. The van der Waals surface area contributed by atoms with Crippen molar-refractivity contribution >= 4 is 0 Å². The smallest absolute Gasteiger partial charge is 0.165 e. The molecule has 1 atom stereocenters. The highest BCUT2D eigenvalue weighted by Gasteiger charge is 2.14. The van der Waals surface area contributed by atoms with Crippen molar-refractivity contribution in [3.05, 3.63) is 41.2 Å². The van der Waals surface area contributed by atoms with Gasteiger partial charge in [-0.15, -0.1) is 5.10 Å². The molecular formula is C14H21N5O. The molecule has 6 nitrogen and oxygen atoms in total. The van der Waals surface area contributed by atoms with E-state index in [0.717, 1.165) is 12.4 Å². The molecule has 0 fully saturated rings. The number of aryl methyl sites for hydroxylation is 1. The first-order chi connectivity index (χ1) is 9.72. The number of aromatic nitrogens is 4. The molecule has 0 aliphatic carbocycles. The summed E-state index contributed by atoms with van der Waals surface area (Å²) >= 11 is 0. The second-order valence-corrected chi connectivity index (χ2v) is 4.80. The highest BCUT2D eigenvalue weighted by atomic mass is 16.5. The van der Waals surface area contributed by atoms with Crippen LogP contribution in [0.1, 0.15) is 29.9 Å². The van der Waals surface area contributed by atoms with Gasteiger partial charge in [-0.3, -0.25) is 0 Å². The van der Waals surface area contributed by atoms with Crippen LogP contribution >= 0.6 is 0 Å². The molecule has 0 saturated carbocycles. The van der Waals surface area contributed by atoms with Crippen LogP contribution in [0.15, 0.2) is 24.3 Å². The maximum Gasteiger partial charge on any atom is 0.165 e. The van der Waals surface area contributed by atoms with Crippen molar-refractivity contribution in [1.29, 1.82) is 0 Å². The Morgan fingerprint density at radius 1 is 1.30 bits per heavy atom. The third-order valence-electron chi connectivity index (χ3n) is 3.25. The number of rotatable bonds is 7. The largest absolute Gasteiger partial charge is 0.383 e. The quantitative estimate of drug-likeness (QED) is 0.772. The zero-order valence-corrected chi connectivity index (χ0v) is 12.2. The summed E-state index contributed by atoms with van der Waals surface area (Å²) in [5.74, 6) is 0.828. The monoisotopic (exact) mass is 275 g/mol. The van der Waals surface area contributed by atoms with Gasteiger partial charge in [0.15, 0.2) is 5.82 Å². The minimum atomic E-state index is 0.116. The first-order valence-corrected chi connectivity index (χ1v) is 6.75. The van der Waals surface area contributed by atoms with Gasteiger partial charge >= 0.3 is 0 Å². The molecule has 1 unspecified atom stereocenters. The molecule has 6 heteroatoms. The van der Waals surface area contributed by atoms with Gasteiger partial charge in [0, 0.05) is 13.7 Å². The molecule has 1 aromatic heterocycles. The Labute approximate surface area is 119 Å². The molecule has 1 aromatic carbocycles. The molecule has 0 aliphatic heterocycles. The highest BCUT2D eigenvalue weighted by Crippen LogP contribution is 2.18. The van der Waals surface area contributed by atoms with Gasteiger partial charge in [-0.2, -0.15) is 0 Å². The van der Waals surface area contributed by atoms with Gasteiger partial charge in [0.25, 0.3) is 0 Å². The number of ether oxygens (including phenoxy) is 1. The lowest BCUT2D eigenvalue weighted by Crippen LogP contribution is -2.22. The Balaban J connectivity index is 2.04. The predicted octanol–water partition coefficient (Wildman–Crippen LogP) is 1.33. The van der Waals surface area contributed by atoms with Crippen LogP contribution in [0, 0.1) is 6.92 Å². The van der Waals surface area contributed by atoms with E-state index in [-0.39, 0.29) is 6.04 Å². The van der Waals surface area contributed by atoms with Gasteiger partial charge in [-0.1, -0.05) is 29.8 Å². The maximum absolute atomic E-state index is 5.00. The molecule has 2 rings (SSSR count). The summed E-state index contributed by atoms with van der Waals surface area (Å²) in [6.45, 7) is 6.26. The zero-order chi connectivity index (χ0) is 14.4. The lowest BCUT2D eigenvalue weighted by molar-refractivity contribution is 0.198. The number of hydrogen-bond acceptors (Lipinski definition) is 5. The van der Waals surface area contributed by atoms with E-state index >= 15 is 0 Å². The fraction of sp³-hybridized carbons (Fsp3) is 0.500. The van der Waals surface area contributed by atoms with Crippen LogP contribution in [-0.2, 0) is 11.3 Å². The lowest BCUT2D eigenvalue weighted by Gasteiger charge is -2.14. The zero-order valence-electron chi connectivity index (χ0n) is 12.2. The van der Waals surface area contributed by atoms with E-state index in [0.29, 0.717) is 13.2 Å². The van der Waals surface area contributed by atoms with Crippen molar-refractivity contribution in [3.8, 4) is 0 Å². The Bertz CT molecular complexity index is 523. The van der Waals surface area contributed by atoms with Crippen molar-refractivity contribution < 1.29 is 4.74 Å². The number of hydrogen-bond donors (Lipinski definition) is 1. The van der Waals surface area contributed by atoms with E-state index in [1.165, 1.54) is 11.1 Å². The molecule has 2 aromatic rings. The molecule has 20 heavy (non-hydrogen) atoms. The normalized spacial score (nSPS) is 12.6. The summed E-state index contributed by atoms with van der Waals surface area (Å²) in [6.07, 6.45) is 0. The van der Waals surface area contributed by atoms with Crippen molar-refractivity contribution in [1.82, 2.24) is 25.5 Å². The SMILES string of the molecule is COCCNCc1nnnn1C(C)c1ccc(C)cc1. The number of methoxy groups -OCH3 is 1. The van der Waals surface area contributed by atoms with Crippen molar-refractivity contribution in [2.45, 2.75) is 26.4 Å². The standard InChI is InChI=1S/C14H21N5O/c1-11-4-6-13(7-5-11)12(2)19-14(16-17-18-19)10-15-8-9-20-3/h4-7,12,15H,8-10H2,1-3H3. The molecule has 1 heterocycles. The summed E-state index contributed by atoms with van der Waals surface area (Å²) in [4.78, 5) is 0. The highest BCUT2D eigenvalue weighted by molar-refractivity contribution is 5.24. The van der Waals surface area contributed by atoms with Gasteiger partial charge in [-0.05, 0) is 29.8 Å². The van der Waals surface area contributed by atoms with Crippen molar-refractivity contribution in [3.63, 3.8) is 0 Å². The average Bonchev–Trinajstić information content (AvgIpc) is 2.92. The number of tetrazole rings is 1. The van der Waals surface area contributed by atoms with E-state index in [1.54, 1.807) is 7.11 Å². The van der Waals surface area contributed by atoms with Gasteiger partial charge in [0.05, 0.1) is 19.2 Å². The molecular weight excluding hydrogens is 254 g/mol. The fourth-order valence-corrected chi connectivity index (χ4v) is 1.99. The van der Waals surface area contributed by atoms with Gasteiger partial charge in [0.1, 0.15) is 0 Å². The number of nitrogens with one attached hydrogen (secondary N) is 1. The van der Waals surface area contributed by atoms with Crippen LogP contribution in [0.2, 0.25) is 0 Å². The van der Waals surface area contributed by atoms with Crippen LogP contribution < -0.4 is 5.32 Å². The third-order valence-corrected chi connectivity index (χ3v) is 3.25. The van der Waals surface area contributed by atoms with Crippen LogP contribution in [-0.4, -0.2) is 40.5 Å². The first-order valence-electron chi connectivity index (χ1n) is 6.75. The van der Waals surface area contributed by atoms with Crippen molar-refractivity contribution in [2.75, 3.05) is 20.3 Å². The maximum atomic E-state index is 5.00. The molecule has 0 aliphatic rings. The number of nitrogens with zero attached hydrogens (tertiary/aromatic N) is 4. The number of benzene rings is 1. The summed E-state index contributed by atoms with van der Waals surface area (Å²) in [6, 6.07) is 8.55. The van der Waals surface area contributed by atoms with E-state index in [9.17, 15) is 0 Å². The molecule has 0 radical (unpaired) electrons. The lowest BCUT2D eigenvalue weighted by atomic mass is 10.1. The average molecular weight is 275 g/mol. The van der Waals surface area contributed by atoms with Gasteiger partial charge in [0.2, 0.25) is 0 Å². The topological polar surface area (TPSA) is 64.9 Å². The summed E-state index contributed by atoms with van der Waals surface area (Å²) in [5, 5.41) is 15.2.